The van der Waals surface area contributed by atoms with Gasteiger partial charge in [0.1, 0.15) is 11.6 Å². The zero-order valence-electron chi connectivity index (χ0n) is 20.1. The number of hydrogen-bond donors (Lipinski definition) is 2. The Bertz CT molecular complexity index is 1280. The second-order valence-electron chi connectivity index (χ2n) is 9.32. The Morgan fingerprint density at radius 3 is 2.64 bits per heavy atom. The van der Waals surface area contributed by atoms with Crippen molar-refractivity contribution in [3.8, 4) is 17.6 Å². The van der Waals surface area contributed by atoms with Crippen LogP contribution in [0.25, 0.3) is 10.9 Å². The molecule has 0 radical (unpaired) electrons. The van der Waals surface area contributed by atoms with Gasteiger partial charge < -0.3 is 14.9 Å². The molecule has 5 nitrogen and oxygen atoms in total. The largest absolute Gasteiger partial charge is 0.497 e. The molecule has 0 saturated carbocycles. The number of likely N-dealkylation sites (tertiary alicyclic amines) is 1. The first-order valence-corrected chi connectivity index (χ1v) is 12.7. The van der Waals surface area contributed by atoms with Gasteiger partial charge >= 0.3 is 0 Å². The lowest BCUT2D eigenvalue weighted by molar-refractivity contribution is 0.0273. The first kappa shape index (κ1) is 26.7. The normalized spacial score (nSPS) is 16.4. The molecule has 0 unspecified atom stereocenters. The first-order valence-electron chi connectivity index (χ1n) is 11.9. The molecule has 0 spiro atoms. The molecule has 1 aliphatic rings. The van der Waals surface area contributed by atoms with Crippen LogP contribution in [-0.2, 0) is 0 Å². The van der Waals surface area contributed by atoms with Crippen molar-refractivity contribution in [3.63, 3.8) is 0 Å². The minimum Gasteiger partial charge on any atom is -0.497 e. The van der Waals surface area contributed by atoms with Gasteiger partial charge in [-0.25, -0.2) is 4.39 Å². The summed E-state index contributed by atoms with van der Waals surface area (Å²) in [6.07, 6.45) is 3.53. The molecule has 3 aromatic rings. The van der Waals surface area contributed by atoms with Crippen LogP contribution in [0.4, 0.5) is 4.39 Å². The van der Waals surface area contributed by atoms with Crippen LogP contribution < -0.4 is 4.74 Å². The van der Waals surface area contributed by atoms with Crippen LogP contribution in [0, 0.1) is 23.1 Å². The van der Waals surface area contributed by atoms with Crippen LogP contribution in [0.3, 0.4) is 0 Å². The Morgan fingerprint density at radius 1 is 1.17 bits per heavy atom. The van der Waals surface area contributed by atoms with Crippen molar-refractivity contribution < 1.29 is 19.3 Å². The summed E-state index contributed by atoms with van der Waals surface area (Å²) in [4.78, 5) is 6.60. The minimum absolute atomic E-state index is 0.0615. The number of methoxy groups -OCH3 is 1. The highest BCUT2D eigenvalue weighted by atomic mass is 35.5. The molecule has 1 atom stereocenters. The summed E-state index contributed by atoms with van der Waals surface area (Å²) >= 11 is 12.3. The summed E-state index contributed by atoms with van der Waals surface area (Å²) in [6, 6.07) is 9.97. The fourth-order valence-electron chi connectivity index (χ4n) is 4.72. The Labute approximate surface area is 220 Å². The number of ether oxygens (including phenoxy) is 1. The van der Waals surface area contributed by atoms with Gasteiger partial charge in [0.2, 0.25) is 0 Å². The second-order valence-corrected chi connectivity index (χ2v) is 10.1. The van der Waals surface area contributed by atoms with E-state index in [4.69, 9.17) is 27.9 Å². The van der Waals surface area contributed by atoms with E-state index in [0.717, 1.165) is 36.8 Å². The third-order valence-corrected chi connectivity index (χ3v) is 7.65. The van der Waals surface area contributed by atoms with E-state index in [0.29, 0.717) is 41.3 Å². The second kappa shape index (κ2) is 11.8. The Kier molecular flexibility index (Phi) is 8.71. The van der Waals surface area contributed by atoms with Crippen LogP contribution in [0.5, 0.6) is 5.75 Å². The van der Waals surface area contributed by atoms with Gasteiger partial charge in [-0.15, -0.1) is 0 Å². The third-order valence-electron chi connectivity index (χ3n) is 7.06. The molecule has 190 valence electrons. The van der Waals surface area contributed by atoms with Crippen LogP contribution in [-0.4, -0.2) is 53.4 Å². The molecule has 0 aliphatic carbocycles. The van der Waals surface area contributed by atoms with Crippen molar-refractivity contribution in [1.82, 2.24) is 9.88 Å². The summed E-state index contributed by atoms with van der Waals surface area (Å²) in [5.41, 5.74) is 1.80. The smallest absolute Gasteiger partial charge is 0.141 e. The van der Waals surface area contributed by atoms with Crippen molar-refractivity contribution in [3.05, 3.63) is 69.6 Å². The standard InChI is InChI=1S/C28H29Cl2FN2O3/c1-36-20-5-7-25-21(16-20)27(23(30)17-32-25)26(35)8-9-28(18-34)10-13-33(14-11-28)12-2-3-19-4-6-24(31)22(29)15-19/h4-7,15-17,26,34-35H,8-14,18H2,1H3/t26-/m0/s1. The number of aromatic nitrogens is 1. The molecule has 0 amide bonds. The number of hydrogen-bond acceptors (Lipinski definition) is 5. The molecule has 8 heteroatoms. The number of rotatable bonds is 7. The molecule has 2 aromatic carbocycles. The van der Waals surface area contributed by atoms with Gasteiger partial charge in [0.25, 0.3) is 0 Å². The predicted octanol–water partition coefficient (Wildman–Crippen LogP) is 5.63. The Hall–Kier alpha value is -2.40. The maximum absolute atomic E-state index is 13.3. The molecule has 1 aliphatic heterocycles. The van der Waals surface area contributed by atoms with Gasteiger partial charge in [0.15, 0.2) is 0 Å². The summed E-state index contributed by atoms with van der Waals surface area (Å²) in [7, 11) is 1.59. The van der Waals surface area contributed by atoms with Crippen molar-refractivity contribution in [2.75, 3.05) is 33.4 Å². The van der Waals surface area contributed by atoms with Crippen LogP contribution in [0.2, 0.25) is 10.0 Å². The van der Waals surface area contributed by atoms with E-state index in [1.54, 1.807) is 19.4 Å². The van der Waals surface area contributed by atoms with E-state index >= 15 is 0 Å². The summed E-state index contributed by atoms with van der Waals surface area (Å²) < 4.78 is 18.6. The fraction of sp³-hybridized carbons (Fsp3) is 0.393. The van der Waals surface area contributed by atoms with E-state index in [9.17, 15) is 14.6 Å². The number of fused-ring (bicyclic) bond motifs is 1. The number of aliphatic hydroxyl groups excluding tert-OH is 2. The average Bonchev–Trinajstić information content (AvgIpc) is 2.89. The Morgan fingerprint density at radius 2 is 1.94 bits per heavy atom. The van der Waals surface area contributed by atoms with Crippen molar-refractivity contribution in [2.45, 2.75) is 31.8 Å². The molecule has 2 N–H and O–H groups in total. The number of nitrogens with zero attached hydrogens (tertiary/aromatic N) is 2. The molecule has 1 aromatic heterocycles. The topological polar surface area (TPSA) is 65.8 Å². The van der Waals surface area contributed by atoms with E-state index in [1.807, 2.05) is 18.2 Å². The lowest BCUT2D eigenvalue weighted by Gasteiger charge is -2.40. The van der Waals surface area contributed by atoms with E-state index in [1.165, 1.54) is 12.1 Å². The molecular formula is C28H29Cl2FN2O3. The highest BCUT2D eigenvalue weighted by Gasteiger charge is 2.34. The number of piperidine rings is 1. The summed E-state index contributed by atoms with van der Waals surface area (Å²) in [5, 5.41) is 22.6. The predicted molar refractivity (Wildman–Crippen MR) is 141 cm³/mol. The number of halogens is 3. The zero-order valence-corrected chi connectivity index (χ0v) is 21.6. The van der Waals surface area contributed by atoms with Crippen molar-refractivity contribution >= 4 is 34.1 Å². The molecule has 36 heavy (non-hydrogen) atoms. The average molecular weight is 531 g/mol. The number of pyridine rings is 1. The minimum atomic E-state index is -0.787. The maximum Gasteiger partial charge on any atom is 0.141 e. The number of aliphatic hydroxyl groups is 2. The zero-order chi connectivity index (χ0) is 25.7. The summed E-state index contributed by atoms with van der Waals surface area (Å²) in [6.45, 7) is 2.24. The van der Waals surface area contributed by atoms with Crippen LogP contribution >= 0.6 is 23.2 Å². The SMILES string of the molecule is COc1ccc2ncc(Cl)c([C@@H](O)CCC3(CO)CCN(CC#Cc4ccc(F)c(Cl)c4)CC3)c2c1. The summed E-state index contributed by atoms with van der Waals surface area (Å²) in [5.74, 6) is 6.37. The third kappa shape index (κ3) is 6.11. The molecular weight excluding hydrogens is 502 g/mol. The van der Waals surface area contributed by atoms with Crippen LogP contribution in [0.1, 0.15) is 42.9 Å². The van der Waals surface area contributed by atoms with Gasteiger partial charge in [-0.05, 0) is 80.6 Å². The van der Waals surface area contributed by atoms with Gasteiger partial charge in [-0.3, -0.25) is 9.88 Å². The van der Waals surface area contributed by atoms with Gasteiger partial charge in [0, 0.05) is 29.3 Å². The first-order chi connectivity index (χ1) is 17.3. The van der Waals surface area contributed by atoms with Gasteiger partial charge in [-0.1, -0.05) is 35.0 Å². The molecule has 1 fully saturated rings. The maximum atomic E-state index is 13.3. The van der Waals surface area contributed by atoms with Gasteiger partial charge in [-0.2, -0.15) is 0 Å². The molecule has 4 rings (SSSR count). The van der Waals surface area contributed by atoms with Crippen molar-refractivity contribution in [2.24, 2.45) is 5.41 Å². The van der Waals surface area contributed by atoms with E-state index in [-0.39, 0.29) is 17.0 Å². The highest BCUT2D eigenvalue weighted by molar-refractivity contribution is 6.32. The fourth-order valence-corrected chi connectivity index (χ4v) is 5.18. The molecule has 1 saturated heterocycles. The van der Waals surface area contributed by atoms with E-state index < -0.39 is 11.9 Å². The monoisotopic (exact) mass is 530 g/mol. The van der Waals surface area contributed by atoms with Gasteiger partial charge in [0.05, 0.1) is 35.3 Å². The lowest BCUT2D eigenvalue weighted by atomic mass is 9.74. The lowest BCUT2D eigenvalue weighted by Crippen LogP contribution is -2.42. The quantitative estimate of drug-likeness (QED) is 0.387. The van der Waals surface area contributed by atoms with E-state index in [2.05, 4.69) is 21.7 Å². The molecule has 2 heterocycles. The van der Waals surface area contributed by atoms with Crippen LogP contribution in [0.15, 0.2) is 42.6 Å². The van der Waals surface area contributed by atoms with Crippen molar-refractivity contribution in [1.29, 1.82) is 0 Å². The molecule has 0 bridgehead atoms. The highest BCUT2D eigenvalue weighted by Crippen LogP contribution is 2.40. The number of benzene rings is 2. The Balaban J connectivity index is 1.37.